The van der Waals surface area contributed by atoms with Gasteiger partial charge in [0.05, 0.1) is 30.4 Å². The van der Waals surface area contributed by atoms with Crippen molar-refractivity contribution in [1.29, 1.82) is 0 Å². The number of rotatable bonds is 6. The molecule has 0 radical (unpaired) electrons. The molecule has 0 spiro atoms. The van der Waals surface area contributed by atoms with Gasteiger partial charge in [0.25, 0.3) is 0 Å². The van der Waals surface area contributed by atoms with E-state index in [9.17, 15) is 0 Å². The summed E-state index contributed by atoms with van der Waals surface area (Å²) in [5.74, 6) is 0.447. The number of aromatic nitrogens is 4. The minimum Gasteiger partial charge on any atom is -0.383 e. The minimum atomic E-state index is 0.350. The second kappa shape index (κ2) is 7.85. The van der Waals surface area contributed by atoms with Crippen molar-refractivity contribution in [2.45, 2.75) is 38.6 Å². The molecule has 6 nitrogen and oxygen atoms in total. The fourth-order valence-corrected chi connectivity index (χ4v) is 3.19. The molecule has 3 rings (SSSR count). The molecule has 0 saturated carbocycles. The van der Waals surface area contributed by atoms with Crippen LogP contribution < -0.4 is 0 Å². The van der Waals surface area contributed by atoms with Gasteiger partial charge in [-0.3, -0.25) is 9.67 Å². The van der Waals surface area contributed by atoms with Crippen LogP contribution in [0, 0.1) is 0 Å². The Morgan fingerprint density at radius 2 is 2.17 bits per heavy atom. The second-order valence-corrected chi connectivity index (χ2v) is 6.76. The highest BCUT2D eigenvalue weighted by molar-refractivity contribution is 5.55. The molecule has 1 saturated heterocycles. The smallest absolute Gasteiger partial charge is 0.0920 e. The van der Waals surface area contributed by atoms with E-state index < -0.39 is 0 Å². The molecular formula is C18H27N5O. The van der Waals surface area contributed by atoms with Crippen LogP contribution >= 0.6 is 0 Å². The molecule has 0 aliphatic carbocycles. The van der Waals surface area contributed by atoms with Crippen molar-refractivity contribution in [2.75, 3.05) is 33.4 Å². The number of nitrogens with zero attached hydrogens (tertiary/aromatic N) is 5. The summed E-state index contributed by atoms with van der Waals surface area (Å²) in [5, 5.41) is 4.41. The molecule has 2 aromatic rings. The summed E-state index contributed by atoms with van der Waals surface area (Å²) in [5.41, 5.74) is 3.03. The predicted octanol–water partition coefficient (Wildman–Crippen LogP) is 2.75. The van der Waals surface area contributed by atoms with Gasteiger partial charge in [0.15, 0.2) is 0 Å². The SMILES string of the molecule is COCCN1CCCC(c2cncc(-c3cnn(C(C)C)c3)n2)C1. The zero-order valence-electron chi connectivity index (χ0n) is 14.9. The highest BCUT2D eigenvalue weighted by atomic mass is 16.5. The highest BCUT2D eigenvalue weighted by Gasteiger charge is 2.22. The van der Waals surface area contributed by atoms with Gasteiger partial charge in [-0.05, 0) is 33.2 Å². The molecule has 6 heteroatoms. The Hall–Kier alpha value is -1.79. The lowest BCUT2D eigenvalue weighted by molar-refractivity contribution is 0.127. The maximum atomic E-state index is 5.21. The summed E-state index contributed by atoms with van der Waals surface area (Å²) >= 11 is 0. The van der Waals surface area contributed by atoms with Gasteiger partial charge in [-0.25, -0.2) is 4.98 Å². The number of likely N-dealkylation sites (tertiary alicyclic amines) is 1. The van der Waals surface area contributed by atoms with Crippen LogP contribution in [0.2, 0.25) is 0 Å². The van der Waals surface area contributed by atoms with Gasteiger partial charge < -0.3 is 9.64 Å². The first-order valence-corrected chi connectivity index (χ1v) is 8.75. The number of ether oxygens (including phenoxy) is 1. The third-order valence-corrected chi connectivity index (χ3v) is 4.61. The summed E-state index contributed by atoms with van der Waals surface area (Å²) in [4.78, 5) is 11.8. The van der Waals surface area contributed by atoms with Crippen molar-refractivity contribution in [3.05, 3.63) is 30.5 Å². The lowest BCUT2D eigenvalue weighted by atomic mass is 9.95. The Labute approximate surface area is 143 Å². The van der Waals surface area contributed by atoms with Gasteiger partial charge in [0.2, 0.25) is 0 Å². The zero-order chi connectivity index (χ0) is 16.9. The van der Waals surface area contributed by atoms with Crippen LogP contribution in [0.15, 0.2) is 24.8 Å². The Morgan fingerprint density at radius 3 is 2.92 bits per heavy atom. The van der Waals surface area contributed by atoms with Crippen LogP contribution in [0.5, 0.6) is 0 Å². The first-order valence-electron chi connectivity index (χ1n) is 8.75. The van der Waals surface area contributed by atoms with Crippen molar-refractivity contribution >= 4 is 0 Å². The number of piperidine rings is 1. The van der Waals surface area contributed by atoms with E-state index >= 15 is 0 Å². The average molecular weight is 329 g/mol. The van der Waals surface area contributed by atoms with Crippen molar-refractivity contribution < 1.29 is 4.74 Å². The normalized spacial score (nSPS) is 19.1. The van der Waals surface area contributed by atoms with E-state index in [0.29, 0.717) is 12.0 Å². The maximum Gasteiger partial charge on any atom is 0.0920 e. The summed E-state index contributed by atoms with van der Waals surface area (Å²) in [7, 11) is 1.76. The van der Waals surface area contributed by atoms with Gasteiger partial charge in [0.1, 0.15) is 0 Å². The molecule has 1 atom stereocenters. The zero-order valence-corrected chi connectivity index (χ0v) is 14.9. The minimum absolute atomic E-state index is 0.350. The lowest BCUT2D eigenvalue weighted by Gasteiger charge is -2.32. The van der Waals surface area contributed by atoms with Crippen molar-refractivity contribution in [3.63, 3.8) is 0 Å². The van der Waals surface area contributed by atoms with Gasteiger partial charge >= 0.3 is 0 Å². The molecule has 0 aromatic carbocycles. The lowest BCUT2D eigenvalue weighted by Crippen LogP contribution is -2.36. The maximum absolute atomic E-state index is 5.21. The average Bonchev–Trinajstić information content (AvgIpc) is 3.11. The monoisotopic (exact) mass is 329 g/mol. The quantitative estimate of drug-likeness (QED) is 0.815. The molecule has 0 N–H and O–H groups in total. The Kier molecular flexibility index (Phi) is 5.58. The number of methoxy groups -OCH3 is 1. The van der Waals surface area contributed by atoms with Crippen molar-refractivity contribution in [3.8, 4) is 11.3 Å². The van der Waals surface area contributed by atoms with Gasteiger partial charge in [0, 0.05) is 50.1 Å². The molecule has 130 valence electrons. The van der Waals surface area contributed by atoms with Gasteiger partial charge in [-0.15, -0.1) is 0 Å². The van der Waals surface area contributed by atoms with E-state index in [1.807, 2.05) is 29.5 Å². The molecule has 1 fully saturated rings. The molecule has 0 bridgehead atoms. The largest absolute Gasteiger partial charge is 0.383 e. The summed E-state index contributed by atoms with van der Waals surface area (Å²) < 4.78 is 7.16. The molecular weight excluding hydrogens is 302 g/mol. The highest BCUT2D eigenvalue weighted by Crippen LogP contribution is 2.27. The molecule has 1 unspecified atom stereocenters. The standard InChI is InChI=1S/C18H27N5O/c1-14(2)23-13-16(9-20-23)18-11-19-10-17(21-18)15-5-4-6-22(12-15)7-8-24-3/h9-11,13-15H,4-8,12H2,1-3H3. The second-order valence-electron chi connectivity index (χ2n) is 6.76. The van der Waals surface area contributed by atoms with Crippen molar-refractivity contribution in [1.82, 2.24) is 24.6 Å². The first-order chi connectivity index (χ1) is 11.7. The molecule has 3 heterocycles. The molecule has 24 heavy (non-hydrogen) atoms. The van der Waals surface area contributed by atoms with E-state index in [-0.39, 0.29) is 0 Å². The molecule has 1 aliphatic heterocycles. The van der Waals surface area contributed by atoms with E-state index in [1.165, 1.54) is 12.8 Å². The third kappa shape index (κ3) is 3.99. The third-order valence-electron chi connectivity index (χ3n) is 4.61. The van der Waals surface area contributed by atoms with E-state index in [4.69, 9.17) is 9.72 Å². The Morgan fingerprint density at radius 1 is 1.29 bits per heavy atom. The van der Waals surface area contributed by atoms with Gasteiger partial charge in [-0.1, -0.05) is 0 Å². The van der Waals surface area contributed by atoms with E-state index in [2.05, 4.69) is 28.8 Å². The van der Waals surface area contributed by atoms with Crippen LogP contribution in [0.25, 0.3) is 11.3 Å². The Balaban J connectivity index is 1.74. The summed E-state index contributed by atoms with van der Waals surface area (Å²) in [6, 6.07) is 0.350. The Bertz CT molecular complexity index is 654. The number of hydrogen-bond acceptors (Lipinski definition) is 5. The predicted molar refractivity (Wildman–Crippen MR) is 93.9 cm³/mol. The van der Waals surface area contributed by atoms with E-state index in [0.717, 1.165) is 43.2 Å². The number of hydrogen-bond donors (Lipinski definition) is 0. The van der Waals surface area contributed by atoms with Crippen LogP contribution in [0.1, 0.15) is 44.3 Å². The van der Waals surface area contributed by atoms with Crippen LogP contribution in [-0.2, 0) is 4.74 Å². The van der Waals surface area contributed by atoms with Crippen LogP contribution in [0.3, 0.4) is 0 Å². The summed E-state index contributed by atoms with van der Waals surface area (Å²) in [6.45, 7) is 8.19. The van der Waals surface area contributed by atoms with Crippen LogP contribution in [-0.4, -0.2) is 58.0 Å². The van der Waals surface area contributed by atoms with E-state index in [1.54, 1.807) is 7.11 Å². The molecule has 1 aliphatic rings. The van der Waals surface area contributed by atoms with Crippen molar-refractivity contribution in [2.24, 2.45) is 0 Å². The first kappa shape index (κ1) is 17.0. The summed E-state index contributed by atoms with van der Waals surface area (Å²) in [6.07, 6.45) is 10.0. The fraction of sp³-hybridized carbons (Fsp3) is 0.611. The van der Waals surface area contributed by atoms with Gasteiger partial charge in [-0.2, -0.15) is 5.10 Å². The molecule has 2 aromatic heterocycles. The topological polar surface area (TPSA) is 56.1 Å². The molecule has 0 amide bonds. The fourth-order valence-electron chi connectivity index (χ4n) is 3.19. The van der Waals surface area contributed by atoms with Crippen LogP contribution in [0.4, 0.5) is 0 Å².